The number of nitrogens with one attached hydrogen (secondary N) is 1. The number of nitrogens with zero attached hydrogens (tertiary/aromatic N) is 3. The lowest BCUT2D eigenvalue weighted by atomic mass is 9.73. The molecule has 0 aromatic heterocycles. The number of hydrazone groups is 1. The molecule has 3 aliphatic rings. The molecule has 2 aliphatic heterocycles. The van der Waals surface area contributed by atoms with Gasteiger partial charge in [-0.25, -0.2) is 9.80 Å². The molecule has 10 heteroatoms. The minimum absolute atomic E-state index is 0.0802. The normalized spacial score (nSPS) is 22.3. The third-order valence-corrected chi connectivity index (χ3v) is 7.50. The van der Waals surface area contributed by atoms with Gasteiger partial charge in [-0.3, -0.25) is 9.59 Å². The summed E-state index contributed by atoms with van der Waals surface area (Å²) in [6, 6.07) is 5.73. The van der Waals surface area contributed by atoms with Gasteiger partial charge in [0.05, 0.1) is 26.0 Å². The highest BCUT2D eigenvalue weighted by atomic mass is 16.6. The Balaban J connectivity index is 1.46. The maximum absolute atomic E-state index is 13.6. The van der Waals surface area contributed by atoms with Crippen molar-refractivity contribution in [3.63, 3.8) is 0 Å². The van der Waals surface area contributed by atoms with E-state index >= 15 is 0 Å². The molecular weight excluding hydrogens is 488 g/mol. The Morgan fingerprint density at radius 2 is 1.66 bits per heavy atom. The molecule has 1 N–H and O–H groups in total. The summed E-state index contributed by atoms with van der Waals surface area (Å²) in [6.45, 7) is 6.20. The summed E-state index contributed by atoms with van der Waals surface area (Å²) >= 11 is 0. The van der Waals surface area contributed by atoms with Gasteiger partial charge in [0.15, 0.2) is 11.5 Å². The number of piperidine rings is 1. The summed E-state index contributed by atoms with van der Waals surface area (Å²) in [5.41, 5.74) is 1.24. The van der Waals surface area contributed by atoms with Crippen LogP contribution in [-0.2, 0) is 14.3 Å². The van der Waals surface area contributed by atoms with Crippen LogP contribution in [0.15, 0.2) is 23.3 Å². The molecule has 3 amide bonds. The lowest BCUT2D eigenvalue weighted by molar-refractivity contribution is -0.143. The lowest BCUT2D eigenvalue weighted by Gasteiger charge is -2.43. The van der Waals surface area contributed by atoms with Crippen molar-refractivity contribution < 1.29 is 28.6 Å². The fraction of sp³-hybridized carbons (Fsp3) is 0.643. The van der Waals surface area contributed by atoms with E-state index in [1.54, 1.807) is 44.9 Å². The maximum atomic E-state index is 13.6. The van der Waals surface area contributed by atoms with Crippen molar-refractivity contribution >= 4 is 23.6 Å². The number of benzene rings is 1. The number of likely N-dealkylation sites (tertiary alicyclic amines) is 1. The van der Waals surface area contributed by atoms with E-state index in [2.05, 4.69) is 5.32 Å². The summed E-state index contributed by atoms with van der Waals surface area (Å²) in [6.07, 6.45) is 4.57. The highest BCUT2D eigenvalue weighted by Crippen LogP contribution is 2.40. The van der Waals surface area contributed by atoms with Gasteiger partial charge in [0.25, 0.3) is 0 Å². The van der Waals surface area contributed by atoms with Crippen molar-refractivity contribution in [1.29, 1.82) is 0 Å². The largest absolute Gasteiger partial charge is 0.493 e. The first kappa shape index (κ1) is 27.7. The van der Waals surface area contributed by atoms with Crippen LogP contribution in [0.2, 0.25) is 0 Å². The van der Waals surface area contributed by atoms with Gasteiger partial charge in [0.2, 0.25) is 11.8 Å². The topological polar surface area (TPSA) is 110 Å². The van der Waals surface area contributed by atoms with Gasteiger partial charge in [-0.05, 0) is 64.7 Å². The standard InChI is InChI=1S/C28H40N4O6/c1-28(2,3)38-27(35)29-17-24(33)31-14-12-19(13-15-31)32-26(34)21-9-7-6-8-20(21)25(30-32)18-10-11-22(36-4)23(16-18)37-5/h10-11,16,19-21H,6-9,12-15,17H2,1-5H3,(H,29,35)/t20-,21+/m0/s1. The molecule has 0 bridgehead atoms. The summed E-state index contributed by atoms with van der Waals surface area (Å²) < 4.78 is 16.1. The van der Waals surface area contributed by atoms with Gasteiger partial charge in [-0.15, -0.1) is 0 Å². The molecule has 0 unspecified atom stereocenters. The molecule has 1 aliphatic carbocycles. The van der Waals surface area contributed by atoms with Gasteiger partial charge in [-0.2, -0.15) is 5.10 Å². The number of hydrogen-bond acceptors (Lipinski definition) is 7. The second-order valence-electron chi connectivity index (χ2n) is 11.2. The number of rotatable bonds is 6. The highest BCUT2D eigenvalue weighted by Gasteiger charge is 2.44. The molecule has 4 rings (SSSR count). The zero-order chi connectivity index (χ0) is 27.4. The molecule has 38 heavy (non-hydrogen) atoms. The molecule has 1 aromatic carbocycles. The first-order chi connectivity index (χ1) is 18.1. The van der Waals surface area contributed by atoms with Gasteiger partial charge in [0.1, 0.15) is 12.1 Å². The van der Waals surface area contributed by atoms with E-state index in [0.717, 1.165) is 37.0 Å². The number of amides is 3. The number of carbonyl (C=O) groups excluding carboxylic acids is 3. The summed E-state index contributed by atoms with van der Waals surface area (Å²) in [5.74, 6) is 1.22. The van der Waals surface area contributed by atoms with Gasteiger partial charge < -0.3 is 24.4 Å². The quantitative estimate of drug-likeness (QED) is 0.605. The monoisotopic (exact) mass is 528 g/mol. The fourth-order valence-corrected chi connectivity index (χ4v) is 5.63. The minimum atomic E-state index is -0.625. The van der Waals surface area contributed by atoms with Crippen LogP contribution in [0, 0.1) is 11.8 Å². The zero-order valence-corrected chi connectivity index (χ0v) is 23.1. The van der Waals surface area contributed by atoms with Crippen LogP contribution in [0.25, 0.3) is 0 Å². The lowest BCUT2D eigenvalue weighted by Crippen LogP contribution is -2.53. The van der Waals surface area contributed by atoms with Crippen molar-refractivity contribution in [1.82, 2.24) is 15.2 Å². The molecule has 1 saturated carbocycles. The Bertz CT molecular complexity index is 1070. The molecule has 208 valence electrons. The Morgan fingerprint density at radius 3 is 2.29 bits per heavy atom. The highest BCUT2D eigenvalue weighted by molar-refractivity contribution is 6.07. The Kier molecular flexibility index (Phi) is 8.47. The molecule has 2 atom stereocenters. The molecule has 0 radical (unpaired) electrons. The third kappa shape index (κ3) is 6.22. The average molecular weight is 529 g/mol. The average Bonchev–Trinajstić information content (AvgIpc) is 2.91. The Hall–Kier alpha value is -3.30. The van der Waals surface area contributed by atoms with E-state index in [-0.39, 0.29) is 36.2 Å². The van der Waals surface area contributed by atoms with Crippen molar-refractivity contribution in [2.45, 2.75) is 70.9 Å². The van der Waals surface area contributed by atoms with E-state index in [1.807, 2.05) is 18.2 Å². The van der Waals surface area contributed by atoms with Crippen molar-refractivity contribution in [2.75, 3.05) is 33.9 Å². The molecular formula is C28H40N4O6. The van der Waals surface area contributed by atoms with Crippen molar-refractivity contribution in [2.24, 2.45) is 16.9 Å². The Morgan fingerprint density at radius 1 is 1.00 bits per heavy atom. The molecule has 10 nitrogen and oxygen atoms in total. The number of methoxy groups -OCH3 is 2. The van der Waals surface area contributed by atoms with Gasteiger partial charge in [0, 0.05) is 30.5 Å². The first-order valence-electron chi connectivity index (χ1n) is 13.5. The molecule has 2 fully saturated rings. The zero-order valence-electron chi connectivity index (χ0n) is 23.1. The summed E-state index contributed by atoms with van der Waals surface area (Å²) in [7, 11) is 3.22. The Labute approximate surface area is 224 Å². The van der Waals surface area contributed by atoms with Gasteiger partial charge >= 0.3 is 6.09 Å². The van der Waals surface area contributed by atoms with Crippen LogP contribution in [0.1, 0.15) is 64.9 Å². The van der Waals surface area contributed by atoms with Crippen LogP contribution in [-0.4, -0.2) is 79.0 Å². The number of alkyl carbamates (subject to hydrolysis) is 1. The van der Waals surface area contributed by atoms with Gasteiger partial charge in [-0.1, -0.05) is 12.8 Å². The summed E-state index contributed by atoms with van der Waals surface area (Å²) in [5, 5.41) is 9.19. The van der Waals surface area contributed by atoms with E-state index < -0.39 is 11.7 Å². The van der Waals surface area contributed by atoms with E-state index in [1.165, 1.54) is 0 Å². The third-order valence-electron chi connectivity index (χ3n) is 7.50. The maximum Gasteiger partial charge on any atom is 0.408 e. The number of carbonyl (C=O) groups is 3. The molecule has 2 heterocycles. The summed E-state index contributed by atoms with van der Waals surface area (Å²) in [4.78, 5) is 39.9. The van der Waals surface area contributed by atoms with Crippen LogP contribution < -0.4 is 14.8 Å². The minimum Gasteiger partial charge on any atom is -0.493 e. The van der Waals surface area contributed by atoms with Crippen LogP contribution in [0.3, 0.4) is 0 Å². The first-order valence-corrected chi connectivity index (χ1v) is 13.5. The van der Waals surface area contributed by atoms with E-state index in [4.69, 9.17) is 19.3 Å². The number of ether oxygens (including phenoxy) is 3. The molecule has 1 saturated heterocycles. The SMILES string of the molecule is COc1ccc(C2=NN(C3CCN(C(=O)CNC(=O)OC(C)(C)C)CC3)C(=O)[C@@H]3CCCC[C@H]23)cc1OC. The molecule has 0 spiro atoms. The van der Waals surface area contributed by atoms with Crippen LogP contribution in [0.5, 0.6) is 11.5 Å². The predicted molar refractivity (Wildman–Crippen MR) is 142 cm³/mol. The second kappa shape index (κ2) is 11.6. The van der Waals surface area contributed by atoms with Crippen LogP contribution >= 0.6 is 0 Å². The smallest absolute Gasteiger partial charge is 0.408 e. The van der Waals surface area contributed by atoms with Crippen LogP contribution in [0.4, 0.5) is 4.79 Å². The predicted octanol–water partition coefficient (Wildman–Crippen LogP) is 3.57. The van der Waals surface area contributed by atoms with Crippen molar-refractivity contribution in [3.05, 3.63) is 23.8 Å². The second-order valence-corrected chi connectivity index (χ2v) is 11.2. The van der Waals surface area contributed by atoms with E-state index in [9.17, 15) is 14.4 Å². The molecule has 1 aromatic rings. The van der Waals surface area contributed by atoms with E-state index in [0.29, 0.717) is 37.4 Å². The number of fused-ring (bicyclic) bond motifs is 1. The number of hydrogen-bond donors (Lipinski definition) is 1. The fourth-order valence-electron chi connectivity index (χ4n) is 5.63. The van der Waals surface area contributed by atoms with Crippen molar-refractivity contribution in [3.8, 4) is 11.5 Å².